The van der Waals surface area contributed by atoms with Crippen LogP contribution < -0.4 is 4.74 Å². The fourth-order valence-electron chi connectivity index (χ4n) is 2.51. The van der Waals surface area contributed by atoms with Crippen molar-refractivity contribution >= 4 is 5.97 Å². The number of benzene rings is 2. The lowest BCUT2D eigenvalue weighted by Crippen LogP contribution is -2.00. The molecule has 0 bridgehead atoms. The van der Waals surface area contributed by atoms with Crippen LogP contribution in [0.4, 0.5) is 4.39 Å². The van der Waals surface area contributed by atoms with Crippen LogP contribution in [0.25, 0.3) is 22.3 Å². The molecule has 0 unspecified atom stereocenters. The first-order valence-electron chi connectivity index (χ1n) is 7.61. The molecule has 4 nitrogen and oxygen atoms in total. The van der Waals surface area contributed by atoms with Crippen LogP contribution in [-0.4, -0.2) is 25.2 Å². The summed E-state index contributed by atoms with van der Waals surface area (Å²) < 4.78 is 23.7. The van der Waals surface area contributed by atoms with E-state index in [9.17, 15) is 9.18 Å². The Hall–Kier alpha value is -3.21. The summed E-state index contributed by atoms with van der Waals surface area (Å²) in [6, 6.07) is 16.1. The average molecular weight is 337 g/mol. The summed E-state index contributed by atoms with van der Waals surface area (Å²) in [7, 11) is 2.84. The van der Waals surface area contributed by atoms with Crippen LogP contribution in [-0.2, 0) is 4.74 Å². The van der Waals surface area contributed by atoms with Gasteiger partial charge in [0.1, 0.15) is 5.82 Å². The molecule has 0 radical (unpaired) electrons. The molecule has 0 N–H and O–H groups in total. The molecule has 1 heterocycles. The zero-order valence-corrected chi connectivity index (χ0v) is 13.8. The second-order valence-electron chi connectivity index (χ2n) is 5.35. The molecule has 2 aromatic carbocycles. The molecular weight excluding hydrogens is 321 g/mol. The number of esters is 1. The summed E-state index contributed by atoms with van der Waals surface area (Å²) in [4.78, 5) is 15.3. The Morgan fingerprint density at radius 2 is 1.48 bits per heavy atom. The van der Waals surface area contributed by atoms with Crippen LogP contribution in [0.1, 0.15) is 10.4 Å². The number of hydrogen-bond acceptors (Lipinski definition) is 4. The summed E-state index contributed by atoms with van der Waals surface area (Å²) in [5.41, 5.74) is 3.56. The molecule has 3 rings (SSSR count). The minimum absolute atomic E-state index is 0.360. The van der Waals surface area contributed by atoms with Crippen LogP contribution >= 0.6 is 0 Å². The molecular formula is C20H16FNO3. The van der Waals surface area contributed by atoms with E-state index in [1.54, 1.807) is 18.2 Å². The van der Waals surface area contributed by atoms with Crippen molar-refractivity contribution in [2.24, 2.45) is 0 Å². The third kappa shape index (κ3) is 3.50. The van der Waals surface area contributed by atoms with E-state index >= 15 is 0 Å². The van der Waals surface area contributed by atoms with Crippen molar-refractivity contribution in [3.8, 4) is 28.1 Å². The average Bonchev–Trinajstić information content (AvgIpc) is 2.68. The maximum absolute atomic E-state index is 14.0. The van der Waals surface area contributed by atoms with Gasteiger partial charge in [0.15, 0.2) is 0 Å². The smallest absolute Gasteiger partial charge is 0.337 e. The van der Waals surface area contributed by atoms with Crippen molar-refractivity contribution in [2.45, 2.75) is 0 Å². The van der Waals surface area contributed by atoms with Crippen molar-refractivity contribution in [1.82, 2.24) is 4.98 Å². The van der Waals surface area contributed by atoms with E-state index in [1.165, 1.54) is 14.2 Å². The molecule has 0 saturated carbocycles. The zero-order chi connectivity index (χ0) is 17.8. The Kier molecular flexibility index (Phi) is 4.75. The Labute approximate surface area is 144 Å². The molecule has 25 heavy (non-hydrogen) atoms. The van der Waals surface area contributed by atoms with Crippen molar-refractivity contribution < 1.29 is 18.7 Å². The number of rotatable bonds is 4. The van der Waals surface area contributed by atoms with E-state index in [1.807, 2.05) is 36.4 Å². The van der Waals surface area contributed by atoms with Gasteiger partial charge >= 0.3 is 5.97 Å². The largest absolute Gasteiger partial charge is 0.481 e. The van der Waals surface area contributed by atoms with Crippen LogP contribution in [0.3, 0.4) is 0 Å². The highest BCUT2D eigenvalue weighted by Gasteiger charge is 2.09. The molecule has 0 atom stereocenters. The highest BCUT2D eigenvalue weighted by Crippen LogP contribution is 2.28. The van der Waals surface area contributed by atoms with Gasteiger partial charge in [-0.1, -0.05) is 36.4 Å². The molecule has 0 aliphatic heterocycles. The van der Waals surface area contributed by atoms with Gasteiger partial charge in [-0.3, -0.25) is 0 Å². The van der Waals surface area contributed by atoms with Crippen LogP contribution in [0.2, 0.25) is 0 Å². The lowest BCUT2D eigenvalue weighted by Gasteiger charge is -2.08. The van der Waals surface area contributed by atoms with Crippen molar-refractivity contribution in [3.05, 3.63) is 72.2 Å². The van der Waals surface area contributed by atoms with E-state index in [-0.39, 0.29) is 5.97 Å². The second kappa shape index (κ2) is 7.13. The minimum atomic E-state index is -0.406. The van der Waals surface area contributed by atoms with Gasteiger partial charge in [0.05, 0.1) is 26.0 Å². The van der Waals surface area contributed by atoms with Gasteiger partial charge in [0.2, 0.25) is 5.88 Å². The summed E-state index contributed by atoms with van der Waals surface area (Å²) >= 11 is 0. The van der Waals surface area contributed by atoms with Gasteiger partial charge in [0, 0.05) is 11.6 Å². The molecule has 0 fully saturated rings. The highest BCUT2D eigenvalue weighted by atomic mass is 19.1. The topological polar surface area (TPSA) is 48.4 Å². The third-order valence-electron chi connectivity index (χ3n) is 3.87. The van der Waals surface area contributed by atoms with Crippen LogP contribution in [0.15, 0.2) is 60.8 Å². The molecule has 0 amide bonds. The number of nitrogens with zero attached hydrogens (tertiary/aromatic N) is 1. The first-order chi connectivity index (χ1) is 12.1. The van der Waals surface area contributed by atoms with Gasteiger partial charge in [-0.2, -0.15) is 0 Å². The first kappa shape index (κ1) is 16.6. The molecule has 0 saturated heterocycles. The number of carbonyl (C=O) groups is 1. The van der Waals surface area contributed by atoms with Gasteiger partial charge in [-0.25, -0.2) is 14.2 Å². The summed E-state index contributed by atoms with van der Waals surface area (Å²) in [6.07, 6.45) is 1.15. The van der Waals surface area contributed by atoms with Crippen LogP contribution in [0, 0.1) is 5.82 Å². The van der Waals surface area contributed by atoms with E-state index in [0.717, 1.165) is 22.9 Å². The van der Waals surface area contributed by atoms with Gasteiger partial charge in [0.25, 0.3) is 0 Å². The molecule has 1 aromatic heterocycles. The van der Waals surface area contributed by atoms with E-state index in [4.69, 9.17) is 4.74 Å². The van der Waals surface area contributed by atoms with Crippen molar-refractivity contribution in [3.63, 3.8) is 0 Å². The molecule has 5 heteroatoms. The highest BCUT2D eigenvalue weighted by molar-refractivity contribution is 5.90. The normalized spacial score (nSPS) is 10.4. The quantitative estimate of drug-likeness (QED) is 0.664. The number of carbonyl (C=O) groups excluding carboxylic acids is 1. The molecule has 0 spiro atoms. The third-order valence-corrected chi connectivity index (χ3v) is 3.87. The minimum Gasteiger partial charge on any atom is -0.481 e. The van der Waals surface area contributed by atoms with E-state index < -0.39 is 5.82 Å². The fourth-order valence-corrected chi connectivity index (χ4v) is 2.51. The molecule has 126 valence electrons. The number of hydrogen-bond donors (Lipinski definition) is 0. The number of methoxy groups -OCH3 is 2. The lowest BCUT2D eigenvalue weighted by molar-refractivity contribution is 0.0601. The summed E-state index contributed by atoms with van der Waals surface area (Å²) in [5, 5.41) is 0. The van der Waals surface area contributed by atoms with E-state index in [0.29, 0.717) is 17.0 Å². The van der Waals surface area contributed by atoms with Gasteiger partial charge in [-0.05, 0) is 28.8 Å². The zero-order valence-electron chi connectivity index (χ0n) is 13.8. The summed E-state index contributed by atoms with van der Waals surface area (Å²) in [6.45, 7) is 0. The lowest BCUT2D eigenvalue weighted by atomic mass is 10.00. The molecule has 0 aliphatic carbocycles. The van der Waals surface area contributed by atoms with Crippen molar-refractivity contribution in [1.29, 1.82) is 0 Å². The molecule has 3 aromatic rings. The SMILES string of the molecule is COC(=O)c1ccc(-c2ccc(-c3cc(OC)ncc3F)cc2)cc1. The first-order valence-corrected chi connectivity index (χ1v) is 7.61. The maximum Gasteiger partial charge on any atom is 0.337 e. The number of ether oxygens (including phenoxy) is 2. The van der Waals surface area contributed by atoms with Crippen LogP contribution in [0.5, 0.6) is 5.88 Å². The Morgan fingerprint density at radius 3 is 2.04 bits per heavy atom. The van der Waals surface area contributed by atoms with E-state index in [2.05, 4.69) is 9.72 Å². The fraction of sp³-hybridized carbons (Fsp3) is 0.100. The Balaban J connectivity index is 1.89. The number of aromatic nitrogens is 1. The number of pyridine rings is 1. The standard InChI is InChI=1S/C20H16FNO3/c1-24-19-11-17(18(21)12-22-19)15-7-3-13(4-8-15)14-5-9-16(10-6-14)20(23)25-2/h3-12H,1-2H3. The summed E-state index contributed by atoms with van der Waals surface area (Å²) in [5.74, 6) is -0.418. The van der Waals surface area contributed by atoms with Gasteiger partial charge < -0.3 is 9.47 Å². The Bertz CT molecular complexity index is 890. The maximum atomic E-state index is 14.0. The predicted octanol–water partition coefficient (Wildman–Crippen LogP) is 4.35. The Morgan fingerprint density at radius 1 is 0.920 bits per heavy atom. The second-order valence-corrected chi connectivity index (χ2v) is 5.35. The predicted molar refractivity (Wildman–Crippen MR) is 93.0 cm³/mol. The van der Waals surface area contributed by atoms with Crippen molar-refractivity contribution in [2.75, 3.05) is 14.2 Å². The monoisotopic (exact) mass is 337 g/mol. The molecule has 0 aliphatic rings. The van der Waals surface area contributed by atoms with Gasteiger partial charge in [-0.15, -0.1) is 0 Å². The number of halogens is 1.